The van der Waals surface area contributed by atoms with Crippen LogP contribution in [0.15, 0.2) is 24.3 Å². The molecule has 1 aromatic rings. The second kappa shape index (κ2) is 4.86. The van der Waals surface area contributed by atoms with E-state index < -0.39 is 27.5 Å². The standard InChI is InChI=1S/C11H6Cl3F3O3/c12-8(18)20-9(5-10(9,13)14)6-1-3-7(4-2-6)19-11(15,16)17/h1-4H,5H2. The van der Waals surface area contributed by atoms with E-state index in [1.54, 1.807) is 0 Å². The van der Waals surface area contributed by atoms with Crippen LogP contribution in [0, 0.1) is 0 Å². The molecule has 1 aromatic carbocycles. The summed E-state index contributed by atoms with van der Waals surface area (Å²) in [4.78, 5) is 10.9. The van der Waals surface area contributed by atoms with Gasteiger partial charge in [0.25, 0.3) is 0 Å². The lowest BCUT2D eigenvalue weighted by Crippen LogP contribution is -2.21. The maximum Gasteiger partial charge on any atom is 0.573 e. The van der Waals surface area contributed by atoms with Gasteiger partial charge in [0.2, 0.25) is 0 Å². The predicted molar refractivity (Wildman–Crippen MR) is 66.2 cm³/mol. The van der Waals surface area contributed by atoms with Crippen molar-refractivity contribution in [1.82, 2.24) is 0 Å². The van der Waals surface area contributed by atoms with Crippen LogP contribution < -0.4 is 4.74 Å². The van der Waals surface area contributed by atoms with Crippen LogP contribution in [-0.4, -0.2) is 16.1 Å². The molecule has 1 aliphatic carbocycles. The molecule has 2 rings (SSSR count). The summed E-state index contributed by atoms with van der Waals surface area (Å²) >= 11 is 17.0. The van der Waals surface area contributed by atoms with Crippen molar-refractivity contribution >= 4 is 40.2 Å². The van der Waals surface area contributed by atoms with E-state index in [9.17, 15) is 18.0 Å². The van der Waals surface area contributed by atoms with Crippen molar-refractivity contribution in [2.75, 3.05) is 0 Å². The van der Waals surface area contributed by atoms with E-state index >= 15 is 0 Å². The van der Waals surface area contributed by atoms with E-state index in [0.717, 1.165) is 12.1 Å². The van der Waals surface area contributed by atoms with Gasteiger partial charge in [0.1, 0.15) is 5.75 Å². The molecule has 1 atom stereocenters. The Hall–Kier alpha value is -0.850. The maximum absolute atomic E-state index is 12.0. The summed E-state index contributed by atoms with van der Waals surface area (Å²) in [5.74, 6) is -0.413. The topological polar surface area (TPSA) is 35.5 Å². The summed E-state index contributed by atoms with van der Waals surface area (Å²) < 4.78 is 43.3. The first kappa shape index (κ1) is 15.5. The Kier molecular flexibility index (Phi) is 3.77. The zero-order chi connectivity index (χ0) is 15.2. The van der Waals surface area contributed by atoms with Crippen molar-refractivity contribution in [1.29, 1.82) is 0 Å². The molecule has 0 aromatic heterocycles. The van der Waals surface area contributed by atoms with E-state index in [1.165, 1.54) is 12.1 Å². The van der Waals surface area contributed by atoms with Gasteiger partial charge in [0, 0.05) is 18.0 Å². The lowest BCUT2D eigenvalue weighted by molar-refractivity contribution is -0.274. The summed E-state index contributed by atoms with van der Waals surface area (Å²) in [5, 5.41) is 0. The Bertz CT molecular complexity index is 530. The summed E-state index contributed by atoms with van der Waals surface area (Å²) in [6, 6.07) is 4.67. The fraction of sp³-hybridized carbons (Fsp3) is 0.364. The van der Waals surface area contributed by atoms with E-state index in [4.69, 9.17) is 39.5 Å². The van der Waals surface area contributed by atoms with E-state index in [1.807, 2.05) is 0 Å². The molecule has 20 heavy (non-hydrogen) atoms. The minimum atomic E-state index is -4.79. The molecule has 0 N–H and O–H groups in total. The van der Waals surface area contributed by atoms with Crippen LogP contribution in [-0.2, 0) is 10.3 Å². The van der Waals surface area contributed by atoms with E-state index in [-0.39, 0.29) is 6.42 Å². The largest absolute Gasteiger partial charge is 0.573 e. The lowest BCUT2D eigenvalue weighted by atomic mass is 10.1. The van der Waals surface area contributed by atoms with Crippen LogP contribution >= 0.6 is 34.8 Å². The first-order valence-electron chi connectivity index (χ1n) is 5.18. The SMILES string of the molecule is O=C(Cl)OC1(c2ccc(OC(F)(F)F)cc2)CC1(Cl)Cl. The molecular weight excluding hydrogens is 343 g/mol. The Morgan fingerprint density at radius 2 is 1.70 bits per heavy atom. The maximum atomic E-state index is 12.0. The molecule has 0 amide bonds. The summed E-state index contributed by atoms with van der Waals surface area (Å²) in [7, 11) is 0. The highest BCUT2D eigenvalue weighted by molar-refractivity contribution is 6.61. The number of benzene rings is 1. The molecule has 0 bridgehead atoms. The summed E-state index contributed by atoms with van der Waals surface area (Å²) in [6.07, 6.45) is -4.70. The Labute approximate surface area is 126 Å². The molecule has 0 saturated heterocycles. The molecule has 1 saturated carbocycles. The Morgan fingerprint density at radius 3 is 2.05 bits per heavy atom. The number of rotatable bonds is 3. The number of alkyl halides is 5. The van der Waals surface area contributed by atoms with Crippen LogP contribution in [0.3, 0.4) is 0 Å². The van der Waals surface area contributed by atoms with Gasteiger partial charge in [-0.25, -0.2) is 4.79 Å². The third kappa shape index (κ3) is 3.07. The van der Waals surface area contributed by atoms with Crippen LogP contribution in [0.2, 0.25) is 0 Å². The third-order valence-electron chi connectivity index (χ3n) is 2.75. The molecule has 0 spiro atoms. The van der Waals surface area contributed by atoms with Crippen LogP contribution in [0.4, 0.5) is 18.0 Å². The molecule has 0 radical (unpaired) electrons. The second-order valence-corrected chi connectivity index (χ2v) is 5.91. The van der Waals surface area contributed by atoms with E-state index in [0.29, 0.717) is 5.56 Å². The second-order valence-electron chi connectivity index (χ2n) is 4.12. The van der Waals surface area contributed by atoms with Crippen molar-refractivity contribution in [3.8, 4) is 5.75 Å². The van der Waals surface area contributed by atoms with Crippen LogP contribution in [0.25, 0.3) is 0 Å². The van der Waals surface area contributed by atoms with Gasteiger partial charge in [-0.3, -0.25) is 0 Å². The average molecular weight is 350 g/mol. The average Bonchev–Trinajstić information content (AvgIpc) is 2.78. The fourth-order valence-corrected chi connectivity index (χ4v) is 2.62. The Morgan fingerprint density at radius 1 is 1.20 bits per heavy atom. The van der Waals surface area contributed by atoms with Gasteiger partial charge in [0.05, 0.1) is 0 Å². The number of hydrogen-bond acceptors (Lipinski definition) is 3. The molecule has 110 valence electrons. The highest BCUT2D eigenvalue weighted by Crippen LogP contribution is 2.65. The minimum Gasteiger partial charge on any atom is -0.439 e. The number of carbonyl (C=O) groups excluding carboxylic acids is 1. The molecule has 1 aliphatic rings. The first-order chi connectivity index (χ1) is 9.06. The molecular formula is C11H6Cl3F3O3. The zero-order valence-electron chi connectivity index (χ0n) is 9.51. The van der Waals surface area contributed by atoms with Crippen LogP contribution in [0.1, 0.15) is 12.0 Å². The highest BCUT2D eigenvalue weighted by Gasteiger charge is 2.71. The first-order valence-corrected chi connectivity index (χ1v) is 6.32. The molecule has 1 unspecified atom stereocenters. The highest BCUT2D eigenvalue weighted by atomic mass is 35.5. The summed E-state index contributed by atoms with van der Waals surface area (Å²) in [6.45, 7) is 0. The molecule has 1 fully saturated rings. The molecule has 9 heteroatoms. The number of carbonyl (C=O) groups is 1. The monoisotopic (exact) mass is 348 g/mol. The molecule has 0 heterocycles. The predicted octanol–water partition coefficient (Wildman–Crippen LogP) is 4.73. The van der Waals surface area contributed by atoms with Gasteiger partial charge >= 0.3 is 11.8 Å². The van der Waals surface area contributed by atoms with Gasteiger partial charge < -0.3 is 9.47 Å². The molecule has 3 nitrogen and oxygen atoms in total. The number of ether oxygens (including phenoxy) is 2. The number of halogens is 6. The third-order valence-corrected chi connectivity index (χ3v) is 3.70. The van der Waals surface area contributed by atoms with Gasteiger partial charge in [-0.1, -0.05) is 35.3 Å². The normalized spacial score (nSPS) is 24.1. The van der Waals surface area contributed by atoms with Crippen molar-refractivity contribution in [3.05, 3.63) is 29.8 Å². The van der Waals surface area contributed by atoms with Gasteiger partial charge in [-0.05, 0) is 17.7 Å². The molecule has 0 aliphatic heterocycles. The minimum absolute atomic E-state index is 0.0844. The Balaban J connectivity index is 2.23. The van der Waals surface area contributed by atoms with Crippen molar-refractivity contribution in [2.24, 2.45) is 0 Å². The summed E-state index contributed by atoms with van der Waals surface area (Å²) in [5.41, 5.74) is -2.14. The lowest BCUT2D eigenvalue weighted by Gasteiger charge is -2.18. The van der Waals surface area contributed by atoms with Crippen molar-refractivity contribution in [3.63, 3.8) is 0 Å². The smallest absolute Gasteiger partial charge is 0.439 e. The fourth-order valence-electron chi connectivity index (χ4n) is 1.81. The van der Waals surface area contributed by atoms with Crippen LogP contribution in [0.5, 0.6) is 5.75 Å². The van der Waals surface area contributed by atoms with Crippen molar-refractivity contribution in [2.45, 2.75) is 22.7 Å². The zero-order valence-corrected chi connectivity index (χ0v) is 11.8. The van der Waals surface area contributed by atoms with Gasteiger partial charge in [0.15, 0.2) is 9.93 Å². The van der Waals surface area contributed by atoms with Gasteiger partial charge in [-0.2, -0.15) is 0 Å². The van der Waals surface area contributed by atoms with Crippen molar-refractivity contribution < 1.29 is 27.4 Å². The van der Waals surface area contributed by atoms with Gasteiger partial charge in [-0.15, -0.1) is 13.2 Å². The quantitative estimate of drug-likeness (QED) is 0.584. The number of hydrogen-bond donors (Lipinski definition) is 0. The van der Waals surface area contributed by atoms with E-state index in [2.05, 4.69) is 4.74 Å².